The number of furan rings is 1. The number of rotatable bonds is 1. The van der Waals surface area contributed by atoms with Gasteiger partial charge in [0.2, 0.25) is 0 Å². The molecule has 0 atom stereocenters. The maximum Gasteiger partial charge on any atom is 0.139 e. The Kier molecular flexibility index (Phi) is 2.49. The first-order valence-electron chi connectivity index (χ1n) is 5.55. The molecule has 0 radical (unpaired) electrons. The largest absolute Gasteiger partial charge is 0.456 e. The van der Waals surface area contributed by atoms with Crippen LogP contribution in [0.5, 0.6) is 0 Å². The molecule has 4 heteroatoms. The second-order valence-electron chi connectivity index (χ2n) is 4.24. The summed E-state index contributed by atoms with van der Waals surface area (Å²) >= 11 is 5.95. The van der Waals surface area contributed by atoms with Crippen LogP contribution in [0.4, 0.5) is 5.82 Å². The van der Waals surface area contributed by atoms with Crippen molar-refractivity contribution in [2.45, 2.75) is 6.92 Å². The number of nitrogens with two attached hydrogens (primary N) is 1. The van der Waals surface area contributed by atoms with E-state index < -0.39 is 0 Å². The normalized spacial score (nSPS) is 11.0. The molecule has 0 amide bonds. The Bertz CT molecular complexity index is 734. The number of halogens is 1. The van der Waals surface area contributed by atoms with Gasteiger partial charge in [-0.15, -0.1) is 0 Å². The molecule has 0 unspecified atom stereocenters. The zero-order chi connectivity index (χ0) is 12.7. The zero-order valence-corrected chi connectivity index (χ0v) is 10.5. The van der Waals surface area contributed by atoms with Gasteiger partial charge in [-0.2, -0.15) is 0 Å². The third kappa shape index (κ3) is 1.83. The highest BCUT2D eigenvalue weighted by Crippen LogP contribution is 2.32. The summed E-state index contributed by atoms with van der Waals surface area (Å²) in [5, 5.41) is 1.64. The summed E-state index contributed by atoms with van der Waals surface area (Å²) < 4.78 is 5.77. The zero-order valence-electron chi connectivity index (χ0n) is 9.77. The molecule has 2 N–H and O–H groups in total. The summed E-state index contributed by atoms with van der Waals surface area (Å²) in [5.74, 6) is 1.17. The van der Waals surface area contributed by atoms with Gasteiger partial charge in [0.1, 0.15) is 17.2 Å². The quantitative estimate of drug-likeness (QED) is 0.717. The third-order valence-electron chi connectivity index (χ3n) is 2.80. The first-order valence-corrected chi connectivity index (χ1v) is 5.93. The van der Waals surface area contributed by atoms with Crippen molar-refractivity contribution in [3.63, 3.8) is 0 Å². The topological polar surface area (TPSA) is 52.0 Å². The number of hydrogen-bond donors (Lipinski definition) is 1. The minimum atomic E-state index is 0.464. The molecular weight excluding hydrogens is 248 g/mol. The van der Waals surface area contributed by atoms with Gasteiger partial charge in [0.05, 0.1) is 5.56 Å². The Balaban J connectivity index is 2.22. The molecule has 2 aromatic heterocycles. The van der Waals surface area contributed by atoms with Gasteiger partial charge >= 0.3 is 0 Å². The summed E-state index contributed by atoms with van der Waals surface area (Å²) in [6, 6.07) is 9.40. The van der Waals surface area contributed by atoms with Crippen LogP contribution in [0.2, 0.25) is 5.02 Å². The molecule has 2 heterocycles. The highest BCUT2D eigenvalue weighted by atomic mass is 35.5. The Morgan fingerprint density at radius 1 is 1.22 bits per heavy atom. The molecule has 0 spiro atoms. The molecule has 90 valence electrons. The number of aromatic nitrogens is 1. The number of aryl methyl sites for hydroxylation is 1. The Labute approximate surface area is 109 Å². The third-order valence-corrected chi connectivity index (χ3v) is 3.03. The van der Waals surface area contributed by atoms with Crippen LogP contribution >= 0.6 is 11.6 Å². The minimum Gasteiger partial charge on any atom is -0.456 e. The first-order chi connectivity index (χ1) is 8.63. The second-order valence-corrected chi connectivity index (χ2v) is 4.67. The molecule has 3 rings (SSSR count). The highest BCUT2D eigenvalue weighted by molar-refractivity contribution is 6.31. The predicted molar refractivity (Wildman–Crippen MR) is 73.6 cm³/mol. The lowest BCUT2D eigenvalue weighted by Gasteiger charge is -2.01. The lowest BCUT2D eigenvalue weighted by Crippen LogP contribution is -1.93. The van der Waals surface area contributed by atoms with E-state index in [1.165, 1.54) is 0 Å². The number of fused-ring (bicyclic) bond motifs is 1. The molecule has 18 heavy (non-hydrogen) atoms. The van der Waals surface area contributed by atoms with E-state index in [-0.39, 0.29) is 0 Å². The van der Waals surface area contributed by atoms with Crippen LogP contribution in [-0.4, -0.2) is 4.98 Å². The molecule has 3 nitrogen and oxygen atoms in total. The van der Waals surface area contributed by atoms with Crippen molar-refractivity contribution in [2.24, 2.45) is 0 Å². The maximum atomic E-state index is 5.95. The number of anilines is 1. The predicted octanol–water partition coefficient (Wildman–Crippen LogP) is 4.04. The molecule has 0 fully saturated rings. The van der Waals surface area contributed by atoms with Crippen molar-refractivity contribution >= 4 is 28.4 Å². The fraction of sp³-hybridized carbons (Fsp3) is 0.0714. The molecule has 1 aromatic carbocycles. The maximum absolute atomic E-state index is 5.95. The van der Waals surface area contributed by atoms with Crippen LogP contribution < -0.4 is 5.73 Å². The SMILES string of the molecule is Cc1cnc(N)c(-c2cc3cc(Cl)ccc3o2)c1. The average Bonchev–Trinajstić information content (AvgIpc) is 2.74. The Morgan fingerprint density at radius 3 is 2.89 bits per heavy atom. The van der Waals surface area contributed by atoms with Crippen LogP contribution in [0.3, 0.4) is 0 Å². The summed E-state index contributed by atoms with van der Waals surface area (Å²) in [4.78, 5) is 4.13. The van der Waals surface area contributed by atoms with Gasteiger partial charge in [-0.3, -0.25) is 0 Å². The fourth-order valence-corrected chi connectivity index (χ4v) is 2.10. The van der Waals surface area contributed by atoms with Gasteiger partial charge < -0.3 is 10.2 Å². The van der Waals surface area contributed by atoms with Crippen LogP contribution in [0, 0.1) is 6.92 Å². The van der Waals surface area contributed by atoms with Crippen molar-refractivity contribution in [1.29, 1.82) is 0 Å². The smallest absolute Gasteiger partial charge is 0.139 e. The number of nitrogens with zero attached hydrogens (tertiary/aromatic N) is 1. The molecule has 0 aliphatic heterocycles. The number of pyridine rings is 1. The molecule has 0 aliphatic carbocycles. The molecule has 0 aliphatic rings. The van der Waals surface area contributed by atoms with E-state index in [2.05, 4.69) is 4.98 Å². The molecule has 0 saturated carbocycles. The van der Waals surface area contributed by atoms with Crippen molar-refractivity contribution < 1.29 is 4.42 Å². The monoisotopic (exact) mass is 258 g/mol. The van der Waals surface area contributed by atoms with Crippen molar-refractivity contribution in [2.75, 3.05) is 5.73 Å². The van der Waals surface area contributed by atoms with Crippen LogP contribution in [0.25, 0.3) is 22.3 Å². The molecule has 0 bridgehead atoms. The number of hydrogen-bond acceptors (Lipinski definition) is 3. The first kappa shape index (κ1) is 11.1. The van der Waals surface area contributed by atoms with Gasteiger partial charge in [0.15, 0.2) is 0 Å². The summed E-state index contributed by atoms with van der Waals surface area (Å²) in [6.45, 7) is 1.97. The Morgan fingerprint density at radius 2 is 2.06 bits per heavy atom. The van der Waals surface area contributed by atoms with Gasteiger partial charge in [-0.05, 0) is 42.8 Å². The van der Waals surface area contributed by atoms with Gasteiger partial charge in [0.25, 0.3) is 0 Å². The van der Waals surface area contributed by atoms with Gasteiger partial charge in [0, 0.05) is 16.6 Å². The van der Waals surface area contributed by atoms with Gasteiger partial charge in [-0.25, -0.2) is 4.98 Å². The Hall–Kier alpha value is -2.00. The summed E-state index contributed by atoms with van der Waals surface area (Å²) in [5.41, 5.74) is 8.51. The van der Waals surface area contributed by atoms with Crippen LogP contribution in [0.15, 0.2) is 40.9 Å². The van der Waals surface area contributed by atoms with Crippen molar-refractivity contribution in [3.8, 4) is 11.3 Å². The van der Waals surface area contributed by atoms with E-state index in [0.717, 1.165) is 22.1 Å². The molecular formula is C14H11ClN2O. The standard InChI is InChI=1S/C14H11ClN2O/c1-8-4-11(14(16)17-7-8)13-6-9-5-10(15)2-3-12(9)18-13/h2-7H,1H3,(H2,16,17). The molecule has 3 aromatic rings. The van der Waals surface area contributed by atoms with E-state index in [9.17, 15) is 0 Å². The van der Waals surface area contributed by atoms with E-state index in [1.807, 2.05) is 31.2 Å². The summed E-state index contributed by atoms with van der Waals surface area (Å²) in [7, 11) is 0. The van der Waals surface area contributed by atoms with E-state index in [1.54, 1.807) is 12.3 Å². The minimum absolute atomic E-state index is 0.464. The van der Waals surface area contributed by atoms with E-state index >= 15 is 0 Å². The number of benzene rings is 1. The highest BCUT2D eigenvalue weighted by Gasteiger charge is 2.10. The van der Waals surface area contributed by atoms with E-state index in [4.69, 9.17) is 21.8 Å². The fourth-order valence-electron chi connectivity index (χ4n) is 1.92. The van der Waals surface area contributed by atoms with Crippen molar-refractivity contribution in [3.05, 3.63) is 47.1 Å². The van der Waals surface area contributed by atoms with Crippen LogP contribution in [-0.2, 0) is 0 Å². The lowest BCUT2D eigenvalue weighted by molar-refractivity contribution is 0.631. The van der Waals surface area contributed by atoms with E-state index in [0.29, 0.717) is 16.6 Å². The summed E-state index contributed by atoms with van der Waals surface area (Å²) in [6.07, 6.45) is 1.73. The average molecular weight is 259 g/mol. The van der Waals surface area contributed by atoms with Crippen LogP contribution in [0.1, 0.15) is 5.56 Å². The lowest BCUT2D eigenvalue weighted by atomic mass is 10.1. The number of nitrogen functional groups attached to an aromatic ring is 1. The van der Waals surface area contributed by atoms with Crippen molar-refractivity contribution in [1.82, 2.24) is 4.98 Å². The molecule has 0 saturated heterocycles. The van der Waals surface area contributed by atoms with Gasteiger partial charge in [-0.1, -0.05) is 11.6 Å². The second kappa shape index (κ2) is 4.03.